The van der Waals surface area contributed by atoms with E-state index in [2.05, 4.69) is 9.62 Å². The second-order valence-electron chi connectivity index (χ2n) is 3.29. The fourth-order valence-electron chi connectivity index (χ4n) is 1.39. The zero-order chi connectivity index (χ0) is 11.6. The van der Waals surface area contributed by atoms with Gasteiger partial charge in [-0.15, -0.1) is 0 Å². The molecule has 0 radical (unpaired) electrons. The minimum atomic E-state index is -1.72. The Bertz CT molecular complexity index is 195. The molecule has 0 saturated carbocycles. The first-order chi connectivity index (χ1) is 7.02. The van der Waals surface area contributed by atoms with Gasteiger partial charge in [0.2, 0.25) is 0 Å². The molecule has 0 unspecified atom stereocenters. The third-order valence-electron chi connectivity index (χ3n) is 2.31. The topological polar surface area (TPSA) is 140 Å². The van der Waals surface area contributed by atoms with Gasteiger partial charge in [0.25, 0.3) is 0 Å². The molecule has 0 aromatic heterocycles. The van der Waals surface area contributed by atoms with E-state index >= 15 is 0 Å². The van der Waals surface area contributed by atoms with Gasteiger partial charge in [-0.3, -0.25) is 5.26 Å². The molecule has 0 bridgehead atoms. The van der Waals surface area contributed by atoms with Crippen LogP contribution in [0.5, 0.6) is 0 Å². The monoisotopic (exact) mass is 226 g/mol. The zero-order valence-electron chi connectivity index (χ0n) is 7.67. The Hall–Kier alpha value is -0.320. The molecule has 1 saturated heterocycles. The maximum Gasteiger partial charge on any atom is 0.184 e. The van der Waals surface area contributed by atoms with Gasteiger partial charge in [0.1, 0.15) is 30.5 Å². The second kappa shape index (κ2) is 5.14. The second-order valence-corrected chi connectivity index (χ2v) is 3.29. The Labute approximate surface area is 84.8 Å². The molecular formula is C7H14O8. The lowest BCUT2D eigenvalue weighted by Gasteiger charge is -2.40. The van der Waals surface area contributed by atoms with E-state index in [9.17, 15) is 10.2 Å². The average Bonchev–Trinajstić information content (AvgIpc) is 2.24. The van der Waals surface area contributed by atoms with Crippen molar-refractivity contribution in [2.45, 2.75) is 36.8 Å². The summed E-state index contributed by atoms with van der Waals surface area (Å²) < 4.78 is 4.68. The van der Waals surface area contributed by atoms with E-state index in [0.717, 1.165) is 0 Å². The van der Waals surface area contributed by atoms with E-state index in [-0.39, 0.29) is 0 Å². The van der Waals surface area contributed by atoms with E-state index in [0.29, 0.717) is 0 Å². The first kappa shape index (κ1) is 12.7. The van der Waals surface area contributed by atoms with Gasteiger partial charge in [-0.2, -0.15) is 0 Å². The molecule has 1 aliphatic heterocycles. The largest absolute Gasteiger partial charge is 0.393 e. The minimum Gasteiger partial charge on any atom is -0.393 e. The standard InChI is InChI=1S/C7H14O8/c8-1-2(15-13)6-4(10)3(9)5(11)7(12)14-6/h2-13H,1H2/t2-,3+,4+,5+,6-,7+/m1/s1. The highest BCUT2D eigenvalue weighted by Gasteiger charge is 2.46. The van der Waals surface area contributed by atoms with E-state index in [4.69, 9.17) is 20.6 Å². The highest BCUT2D eigenvalue weighted by molar-refractivity contribution is 4.91. The van der Waals surface area contributed by atoms with Crippen LogP contribution >= 0.6 is 0 Å². The van der Waals surface area contributed by atoms with Crippen molar-refractivity contribution in [1.29, 1.82) is 0 Å². The van der Waals surface area contributed by atoms with Gasteiger partial charge >= 0.3 is 0 Å². The maximum atomic E-state index is 9.41. The van der Waals surface area contributed by atoms with Gasteiger partial charge in [-0.05, 0) is 0 Å². The molecule has 0 spiro atoms. The molecule has 1 rings (SSSR count). The predicted molar refractivity (Wildman–Crippen MR) is 43.5 cm³/mol. The third-order valence-corrected chi connectivity index (χ3v) is 2.31. The maximum absolute atomic E-state index is 9.41. The van der Waals surface area contributed by atoms with Crippen molar-refractivity contribution in [1.82, 2.24) is 0 Å². The number of hydrogen-bond donors (Lipinski definition) is 6. The van der Waals surface area contributed by atoms with Crippen LogP contribution in [0, 0.1) is 0 Å². The van der Waals surface area contributed by atoms with Gasteiger partial charge in [-0.1, -0.05) is 0 Å². The predicted octanol–water partition coefficient (Wildman–Crippen LogP) is -3.36. The molecule has 8 heteroatoms. The molecule has 1 aliphatic rings. The van der Waals surface area contributed by atoms with E-state index in [1.54, 1.807) is 0 Å². The molecule has 6 N–H and O–H groups in total. The van der Waals surface area contributed by atoms with E-state index in [1.807, 2.05) is 0 Å². The molecule has 90 valence electrons. The van der Waals surface area contributed by atoms with Gasteiger partial charge < -0.3 is 30.3 Å². The summed E-state index contributed by atoms with van der Waals surface area (Å²) in [5, 5.41) is 54.0. The van der Waals surface area contributed by atoms with Crippen molar-refractivity contribution in [3.63, 3.8) is 0 Å². The summed E-state index contributed by atoms with van der Waals surface area (Å²) in [4.78, 5) is 3.80. The summed E-state index contributed by atoms with van der Waals surface area (Å²) >= 11 is 0. The van der Waals surface area contributed by atoms with Crippen LogP contribution in [0.25, 0.3) is 0 Å². The van der Waals surface area contributed by atoms with Crippen molar-refractivity contribution in [2.24, 2.45) is 0 Å². The lowest BCUT2D eigenvalue weighted by Crippen LogP contribution is -2.61. The first-order valence-electron chi connectivity index (χ1n) is 4.31. The molecule has 8 nitrogen and oxygen atoms in total. The van der Waals surface area contributed by atoms with Crippen LogP contribution in [0.3, 0.4) is 0 Å². The number of ether oxygens (including phenoxy) is 1. The summed E-state index contributed by atoms with van der Waals surface area (Å²) in [5.41, 5.74) is 0. The van der Waals surface area contributed by atoms with Crippen LogP contribution in [0.1, 0.15) is 0 Å². The van der Waals surface area contributed by atoms with E-state index in [1.165, 1.54) is 0 Å². The summed E-state index contributed by atoms with van der Waals surface area (Å²) in [7, 11) is 0. The summed E-state index contributed by atoms with van der Waals surface area (Å²) in [5.74, 6) is 0. The third kappa shape index (κ3) is 2.44. The molecule has 0 aromatic carbocycles. The van der Waals surface area contributed by atoms with Crippen molar-refractivity contribution >= 4 is 0 Å². The Balaban J connectivity index is 2.73. The lowest BCUT2D eigenvalue weighted by molar-refractivity contribution is -0.354. The fraction of sp³-hybridized carbons (Fsp3) is 1.00. The van der Waals surface area contributed by atoms with E-state index < -0.39 is 43.4 Å². The van der Waals surface area contributed by atoms with Crippen molar-refractivity contribution in [3.05, 3.63) is 0 Å². The molecular weight excluding hydrogens is 212 g/mol. The Kier molecular flexibility index (Phi) is 4.37. The fourth-order valence-corrected chi connectivity index (χ4v) is 1.39. The Morgan fingerprint density at radius 3 is 2.13 bits per heavy atom. The van der Waals surface area contributed by atoms with Crippen LogP contribution in [0.2, 0.25) is 0 Å². The van der Waals surface area contributed by atoms with Crippen LogP contribution in [-0.2, 0) is 9.62 Å². The van der Waals surface area contributed by atoms with Gasteiger partial charge in [0.15, 0.2) is 6.29 Å². The molecule has 1 heterocycles. The summed E-state index contributed by atoms with van der Waals surface area (Å²) in [6.45, 7) is -0.687. The Morgan fingerprint density at radius 2 is 1.67 bits per heavy atom. The van der Waals surface area contributed by atoms with Gasteiger partial charge in [0, 0.05) is 0 Å². The molecule has 0 amide bonds. The van der Waals surface area contributed by atoms with Crippen LogP contribution in [-0.4, -0.2) is 74.2 Å². The van der Waals surface area contributed by atoms with Crippen molar-refractivity contribution in [3.8, 4) is 0 Å². The number of rotatable bonds is 3. The number of hydrogen-bond acceptors (Lipinski definition) is 8. The molecule has 0 aliphatic carbocycles. The number of aliphatic hydroxyl groups excluding tert-OH is 5. The molecule has 1 fully saturated rings. The summed E-state index contributed by atoms with van der Waals surface area (Å²) in [6.07, 6.45) is -9.28. The molecule has 0 aromatic rings. The zero-order valence-corrected chi connectivity index (χ0v) is 7.67. The van der Waals surface area contributed by atoms with Gasteiger partial charge in [0.05, 0.1) is 6.61 Å². The Morgan fingerprint density at radius 1 is 1.07 bits per heavy atom. The average molecular weight is 226 g/mol. The quantitative estimate of drug-likeness (QED) is 0.216. The van der Waals surface area contributed by atoms with Gasteiger partial charge in [-0.25, -0.2) is 4.89 Å². The summed E-state index contributed by atoms with van der Waals surface area (Å²) in [6, 6.07) is 0. The first-order valence-corrected chi connectivity index (χ1v) is 4.31. The molecule has 6 atom stereocenters. The number of aliphatic hydroxyl groups is 5. The minimum absolute atomic E-state index is 0.687. The van der Waals surface area contributed by atoms with Crippen LogP contribution in [0.4, 0.5) is 0 Å². The van der Waals surface area contributed by atoms with Crippen LogP contribution < -0.4 is 0 Å². The lowest BCUT2D eigenvalue weighted by atomic mass is 9.96. The highest BCUT2D eigenvalue weighted by Crippen LogP contribution is 2.22. The molecule has 15 heavy (non-hydrogen) atoms. The van der Waals surface area contributed by atoms with Crippen molar-refractivity contribution in [2.75, 3.05) is 6.61 Å². The SMILES string of the molecule is OC[C@@H](OO)[C@H]1O[C@H](O)[C@@H](O)[C@@H](O)[C@@H]1O. The normalized spacial score (nSPS) is 44.0. The smallest absolute Gasteiger partial charge is 0.184 e. The highest BCUT2D eigenvalue weighted by atomic mass is 17.1. The van der Waals surface area contributed by atoms with Crippen molar-refractivity contribution < 1.29 is 40.4 Å². The van der Waals surface area contributed by atoms with Crippen LogP contribution in [0.15, 0.2) is 0 Å².